The molecule has 4 aromatic rings. The van der Waals surface area contributed by atoms with Gasteiger partial charge in [0.25, 0.3) is 11.8 Å². The molecule has 2 aromatic heterocycles. The van der Waals surface area contributed by atoms with Crippen LogP contribution in [0.25, 0.3) is 0 Å². The lowest BCUT2D eigenvalue weighted by atomic mass is 9.95. The fraction of sp³-hybridized carbons (Fsp3) is 0.455. The molecule has 4 fully saturated rings. The average molecular weight is 905 g/mol. The summed E-state index contributed by atoms with van der Waals surface area (Å²) >= 11 is 0. The Kier molecular flexibility index (Phi) is 13.5. The number of nitrogens with zero attached hydrogens (tertiary/aromatic N) is 10. The van der Waals surface area contributed by atoms with Crippen molar-refractivity contribution in [3.05, 3.63) is 95.1 Å². The Morgan fingerprint density at radius 1 is 0.615 bits per heavy atom. The van der Waals surface area contributed by atoms with Gasteiger partial charge in [0.1, 0.15) is 17.2 Å². The number of hydrogen-bond acceptors (Lipinski definition) is 10. The maximum Gasteiger partial charge on any atom is 0.417 e. The van der Waals surface area contributed by atoms with E-state index in [1.165, 1.54) is 44.1 Å². The third-order valence-electron chi connectivity index (χ3n) is 12.3. The first-order valence-corrected chi connectivity index (χ1v) is 21.9. The van der Waals surface area contributed by atoms with Gasteiger partial charge in [-0.1, -0.05) is 50.3 Å². The summed E-state index contributed by atoms with van der Waals surface area (Å²) in [6, 6.07) is 13.1. The lowest BCUT2D eigenvalue weighted by molar-refractivity contribution is -0.138. The van der Waals surface area contributed by atoms with Gasteiger partial charge in [-0.25, -0.2) is 28.4 Å². The number of alkyl halides is 3. The molecule has 2 aliphatic heterocycles. The molecule has 6 amide bonds. The second-order valence-electron chi connectivity index (χ2n) is 16.6. The number of piperazine rings is 2. The van der Waals surface area contributed by atoms with Crippen molar-refractivity contribution in [1.29, 1.82) is 0 Å². The highest BCUT2D eigenvalue weighted by atomic mass is 19.4. The first kappa shape index (κ1) is 44.9. The number of nitrogens with one attached hydrogen (secondary N) is 2. The summed E-state index contributed by atoms with van der Waals surface area (Å²) < 4.78 is 69.3. The zero-order chi connectivity index (χ0) is 45.7. The molecule has 8 rings (SSSR count). The molecule has 4 aliphatic rings. The van der Waals surface area contributed by atoms with Crippen molar-refractivity contribution >= 4 is 47.1 Å². The Morgan fingerprint density at radius 2 is 1.15 bits per heavy atom. The SMILES string of the molecule is O=C(c1ccccc1C(F)(F)F)N1CCN(c2ccc(NC(=O)N(C3CCCCC3)N(CCC3CC3)C(=O)Nc3ccc(N4CCN(C(=O)c5c(F)cccc5F)CC4)nn3)nn2)CC1. The lowest BCUT2D eigenvalue weighted by Crippen LogP contribution is -2.58. The summed E-state index contributed by atoms with van der Waals surface area (Å²) in [7, 11) is 0. The molecule has 2 aliphatic carbocycles. The Hall–Kier alpha value is -6.67. The van der Waals surface area contributed by atoms with E-state index in [2.05, 4.69) is 31.0 Å². The number of urea groups is 2. The third-order valence-corrected chi connectivity index (χ3v) is 12.3. The van der Waals surface area contributed by atoms with E-state index in [0.717, 1.165) is 50.3 Å². The van der Waals surface area contributed by atoms with Crippen molar-refractivity contribution in [1.82, 2.24) is 40.2 Å². The van der Waals surface area contributed by atoms with Gasteiger partial charge in [0.05, 0.1) is 17.2 Å². The number of anilines is 4. The largest absolute Gasteiger partial charge is 0.417 e. The molecule has 0 radical (unpaired) electrons. The van der Waals surface area contributed by atoms with Crippen LogP contribution in [0.1, 0.15) is 77.6 Å². The van der Waals surface area contributed by atoms with Gasteiger partial charge in [0.15, 0.2) is 23.3 Å². The Bertz CT molecular complexity index is 2310. The molecule has 0 unspecified atom stereocenters. The van der Waals surface area contributed by atoms with Crippen LogP contribution in [0.5, 0.6) is 0 Å². The van der Waals surface area contributed by atoms with Crippen LogP contribution in [0.3, 0.4) is 0 Å². The minimum Gasteiger partial charge on any atom is -0.352 e. The molecule has 16 nitrogen and oxygen atoms in total. The minimum absolute atomic E-state index is 0.144. The van der Waals surface area contributed by atoms with Crippen molar-refractivity contribution < 1.29 is 41.1 Å². The molecule has 0 spiro atoms. The summed E-state index contributed by atoms with van der Waals surface area (Å²) in [5, 5.41) is 25.7. The van der Waals surface area contributed by atoms with Crippen molar-refractivity contribution in [2.75, 3.05) is 79.3 Å². The maximum atomic E-state index is 14.3. The Balaban J connectivity index is 0.898. The average Bonchev–Trinajstić information content (AvgIpc) is 4.15. The molecule has 2 N–H and O–H groups in total. The summed E-state index contributed by atoms with van der Waals surface area (Å²) in [6.07, 6.45) is 2.25. The molecule has 2 saturated carbocycles. The Morgan fingerprint density at radius 3 is 1.68 bits per heavy atom. The third kappa shape index (κ3) is 10.7. The highest BCUT2D eigenvalue weighted by Crippen LogP contribution is 2.35. The van der Waals surface area contributed by atoms with Gasteiger partial charge in [-0.2, -0.15) is 13.2 Å². The van der Waals surface area contributed by atoms with Crippen molar-refractivity contribution in [3.8, 4) is 0 Å². The number of carbonyl (C=O) groups is 4. The summed E-state index contributed by atoms with van der Waals surface area (Å²) in [5.41, 5.74) is -1.96. The van der Waals surface area contributed by atoms with E-state index in [4.69, 9.17) is 0 Å². The van der Waals surface area contributed by atoms with E-state index in [0.29, 0.717) is 63.0 Å². The van der Waals surface area contributed by atoms with E-state index >= 15 is 0 Å². The van der Waals surface area contributed by atoms with Crippen molar-refractivity contribution in [3.63, 3.8) is 0 Å². The highest BCUT2D eigenvalue weighted by Gasteiger charge is 2.38. The maximum absolute atomic E-state index is 14.3. The lowest BCUT2D eigenvalue weighted by Gasteiger charge is -2.41. The van der Waals surface area contributed by atoms with E-state index < -0.39 is 58.4 Å². The number of amides is 6. The van der Waals surface area contributed by atoms with Crippen molar-refractivity contribution in [2.45, 2.75) is 63.6 Å². The zero-order valence-electron chi connectivity index (χ0n) is 35.5. The molecule has 4 heterocycles. The molecule has 21 heteroatoms. The van der Waals surface area contributed by atoms with Crippen LogP contribution in [0.4, 0.5) is 54.8 Å². The molecule has 2 saturated heterocycles. The molecule has 0 bridgehead atoms. The van der Waals surface area contributed by atoms with Gasteiger partial charge in [0.2, 0.25) is 0 Å². The van der Waals surface area contributed by atoms with E-state index in [9.17, 15) is 41.1 Å². The first-order valence-electron chi connectivity index (χ1n) is 21.9. The van der Waals surface area contributed by atoms with Crippen LogP contribution >= 0.6 is 0 Å². The molecule has 65 heavy (non-hydrogen) atoms. The first-order chi connectivity index (χ1) is 31.3. The Labute approximate surface area is 371 Å². The molecule has 344 valence electrons. The number of carbonyl (C=O) groups excluding carboxylic acids is 4. The quantitative estimate of drug-likeness (QED) is 0.126. The van der Waals surface area contributed by atoms with Crippen LogP contribution in [0.2, 0.25) is 0 Å². The topological polar surface area (TPSA) is 163 Å². The van der Waals surface area contributed by atoms with Crippen LogP contribution in [-0.2, 0) is 6.18 Å². The number of hydrazine groups is 1. The minimum atomic E-state index is -4.66. The standard InChI is InChI=1S/C44H49F5N12O4/c45-33-11-6-12-34(46)39(33)41(63)59-27-23-57(24-28-59)37-17-15-35(52-54-37)50-42(64)60(20-19-29-13-14-29)61(30-7-2-1-3-8-30)43(65)51-36-16-18-38(55-53-36)56-21-25-58(26-22-56)40(62)31-9-4-5-10-32(31)44(47,48)49/h4-6,9-12,15-18,29-30H,1-3,7-8,13-14,19-28H2,(H,50,52,64)(H,51,53,65). The van der Waals surface area contributed by atoms with Gasteiger partial charge in [0, 0.05) is 58.9 Å². The van der Waals surface area contributed by atoms with E-state index in [-0.39, 0.29) is 50.4 Å². The van der Waals surface area contributed by atoms with Gasteiger partial charge in [-0.3, -0.25) is 20.2 Å². The highest BCUT2D eigenvalue weighted by molar-refractivity contribution is 5.96. The summed E-state index contributed by atoms with van der Waals surface area (Å²) in [5.74, 6) is -1.58. The van der Waals surface area contributed by atoms with Gasteiger partial charge < -0.3 is 19.6 Å². The molecular formula is C44H49F5N12O4. The second kappa shape index (κ2) is 19.6. The summed E-state index contributed by atoms with van der Waals surface area (Å²) in [4.78, 5) is 60.9. The summed E-state index contributed by atoms with van der Waals surface area (Å²) in [6.45, 7) is 2.28. The van der Waals surface area contributed by atoms with Crippen LogP contribution < -0.4 is 20.4 Å². The number of hydrogen-bond donors (Lipinski definition) is 2. The predicted molar refractivity (Wildman–Crippen MR) is 229 cm³/mol. The fourth-order valence-corrected chi connectivity index (χ4v) is 8.50. The zero-order valence-corrected chi connectivity index (χ0v) is 35.5. The molecular weight excluding hydrogens is 856 g/mol. The molecule has 2 aromatic carbocycles. The van der Waals surface area contributed by atoms with E-state index in [1.807, 2.05) is 9.80 Å². The number of halogens is 5. The predicted octanol–water partition coefficient (Wildman–Crippen LogP) is 6.90. The van der Waals surface area contributed by atoms with Crippen LogP contribution in [0, 0.1) is 17.6 Å². The fourth-order valence-electron chi connectivity index (χ4n) is 8.50. The van der Waals surface area contributed by atoms with Gasteiger partial charge in [-0.05, 0) is 73.7 Å². The number of aromatic nitrogens is 4. The molecule has 0 atom stereocenters. The van der Waals surface area contributed by atoms with Gasteiger partial charge in [-0.15, -0.1) is 20.4 Å². The van der Waals surface area contributed by atoms with Crippen LogP contribution in [0.15, 0.2) is 66.7 Å². The second-order valence-corrected chi connectivity index (χ2v) is 16.6. The monoisotopic (exact) mass is 904 g/mol. The normalized spacial score (nSPS) is 17.1. The van der Waals surface area contributed by atoms with Gasteiger partial charge >= 0.3 is 18.2 Å². The number of rotatable bonds is 10. The van der Waals surface area contributed by atoms with Crippen molar-refractivity contribution in [2.24, 2.45) is 5.92 Å². The smallest absolute Gasteiger partial charge is 0.352 e. The number of benzene rings is 2. The van der Waals surface area contributed by atoms with E-state index in [1.54, 1.807) is 24.3 Å². The van der Waals surface area contributed by atoms with Crippen LogP contribution in [-0.4, -0.2) is 129 Å².